The van der Waals surface area contributed by atoms with Crippen molar-refractivity contribution in [1.82, 2.24) is 4.90 Å². The molecule has 2 aromatic carbocycles. The van der Waals surface area contributed by atoms with E-state index in [0.717, 1.165) is 12.1 Å². The van der Waals surface area contributed by atoms with E-state index < -0.39 is 17.8 Å². The molecule has 1 aliphatic heterocycles. The molecule has 0 fully saturated rings. The highest BCUT2D eigenvalue weighted by atomic mass is 19.4. The van der Waals surface area contributed by atoms with Gasteiger partial charge in [-0.3, -0.25) is 4.79 Å². The van der Waals surface area contributed by atoms with Crippen molar-refractivity contribution in [3.8, 4) is 11.5 Å². The van der Waals surface area contributed by atoms with Crippen molar-refractivity contribution in [3.05, 3.63) is 59.7 Å². The number of nitrogens with zero attached hydrogens (tertiary/aromatic N) is 1. The lowest BCUT2D eigenvalue weighted by Crippen LogP contribution is -2.44. The largest absolute Gasteiger partial charge is 0.485 e. The van der Waals surface area contributed by atoms with Crippen LogP contribution >= 0.6 is 0 Å². The van der Waals surface area contributed by atoms with Gasteiger partial charge in [0.05, 0.1) is 5.56 Å². The summed E-state index contributed by atoms with van der Waals surface area (Å²) in [5, 5.41) is 0. The van der Waals surface area contributed by atoms with Crippen molar-refractivity contribution in [2.24, 2.45) is 0 Å². The van der Waals surface area contributed by atoms with E-state index in [-0.39, 0.29) is 19.1 Å². The van der Waals surface area contributed by atoms with Gasteiger partial charge in [0, 0.05) is 13.6 Å². The quantitative estimate of drug-likeness (QED) is 0.850. The number of benzene rings is 2. The van der Waals surface area contributed by atoms with Gasteiger partial charge in [0.1, 0.15) is 6.61 Å². The van der Waals surface area contributed by atoms with E-state index >= 15 is 0 Å². The van der Waals surface area contributed by atoms with Gasteiger partial charge in [0.25, 0.3) is 5.91 Å². The van der Waals surface area contributed by atoms with Crippen LogP contribution in [0.1, 0.15) is 11.1 Å². The number of rotatable bonds is 3. The smallest absolute Gasteiger partial charge is 0.416 e. The van der Waals surface area contributed by atoms with E-state index in [0.29, 0.717) is 17.1 Å². The van der Waals surface area contributed by atoms with Crippen LogP contribution in [0, 0.1) is 0 Å². The third kappa shape index (κ3) is 3.87. The number of fused-ring (bicyclic) bond motifs is 1. The maximum atomic E-state index is 12.6. The van der Waals surface area contributed by atoms with Crippen molar-refractivity contribution < 1.29 is 27.4 Å². The zero-order chi connectivity index (χ0) is 18.0. The number of alkyl halides is 3. The average Bonchev–Trinajstić information content (AvgIpc) is 2.60. The molecule has 1 heterocycles. The summed E-state index contributed by atoms with van der Waals surface area (Å²) in [5.74, 6) is 0.779. The number of halogens is 3. The molecular weight excluding hydrogens is 335 g/mol. The normalized spacial score (nSPS) is 16.4. The van der Waals surface area contributed by atoms with Gasteiger partial charge >= 0.3 is 6.18 Å². The highest BCUT2D eigenvalue weighted by Crippen LogP contribution is 2.31. The number of hydrogen-bond acceptors (Lipinski definition) is 3. The molecule has 0 N–H and O–H groups in total. The summed E-state index contributed by atoms with van der Waals surface area (Å²) in [6, 6.07) is 11.8. The summed E-state index contributed by atoms with van der Waals surface area (Å²) >= 11 is 0. The fourth-order valence-electron chi connectivity index (χ4n) is 2.54. The van der Waals surface area contributed by atoms with Crippen LogP contribution in [0.15, 0.2) is 48.5 Å². The number of likely N-dealkylation sites (N-methyl/N-ethyl adjacent to an activating group) is 1. The molecule has 25 heavy (non-hydrogen) atoms. The first-order valence-corrected chi connectivity index (χ1v) is 7.64. The molecule has 132 valence electrons. The highest BCUT2D eigenvalue weighted by molar-refractivity contribution is 5.81. The minimum atomic E-state index is -4.37. The lowest BCUT2D eigenvalue weighted by atomic mass is 10.1. The third-order valence-electron chi connectivity index (χ3n) is 3.86. The second-order valence-corrected chi connectivity index (χ2v) is 5.75. The van der Waals surface area contributed by atoms with Crippen LogP contribution in [-0.4, -0.2) is 30.6 Å². The van der Waals surface area contributed by atoms with Gasteiger partial charge in [-0.15, -0.1) is 0 Å². The zero-order valence-corrected chi connectivity index (χ0v) is 13.4. The number of para-hydroxylation sites is 2. The van der Waals surface area contributed by atoms with E-state index in [1.807, 2.05) is 0 Å². The summed E-state index contributed by atoms with van der Waals surface area (Å²) in [5.41, 5.74) is -0.119. The highest BCUT2D eigenvalue weighted by Gasteiger charge is 2.31. The predicted molar refractivity (Wildman–Crippen MR) is 84.3 cm³/mol. The third-order valence-corrected chi connectivity index (χ3v) is 3.86. The Bertz CT molecular complexity index is 759. The lowest BCUT2D eigenvalue weighted by molar-refractivity contribution is -0.140. The number of carbonyl (C=O) groups excluding carboxylic acids is 1. The van der Waals surface area contributed by atoms with Gasteiger partial charge in [-0.05, 0) is 29.8 Å². The molecule has 4 nitrogen and oxygen atoms in total. The minimum Gasteiger partial charge on any atom is -0.485 e. The van der Waals surface area contributed by atoms with E-state index in [1.54, 1.807) is 31.3 Å². The SMILES string of the molecule is CN(Cc1ccc(C(F)(F)F)cc1)C(=O)[C@H]1COc2ccccc2O1. The Hall–Kier alpha value is -2.70. The maximum absolute atomic E-state index is 12.6. The molecule has 0 aliphatic carbocycles. The zero-order valence-electron chi connectivity index (χ0n) is 13.4. The molecule has 3 rings (SSSR count). The molecule has 1 aliphatic rings. The molecule has 0 radical (unpaired) electrons. The van der Waals surface area contributed by atoms with Crippen molar-refractivity contribution in [2.75, 3.05) is 13.7 Å². The molecule has 1 amide bonds. The van der Waals surface area contributed by atoms with Crippen molar-refractivity contribution >= 4 is 5.91 Å². The molecule has 7 heteroatoms. The molecular formula is C18H16F3NO3. The van der Waals surface area contributed by atoms with Crippen molar-refractivity contribution in [3.63, 3.8) is 0 Å². The Balaban J connectivity index is 1.63. The summed E-state index contributed by atoms with van der Waals surface area (Å²) in [6.07, 6.45) is -5.16. The van der Waals surface area contributed by atoms with Crippen LogP contribution < -0.4 is 9.47 Å². The summed E-state index contributed by atoms with van der Waals surface area (Å²) in [4.78, 5) is 13.9. The Morgan fingerprint density at radius 2 is 1.76 bits per heavy atom. The predicted octanol–water partition coefficient (Wildman–Crippen LogP) is 3.50. The fourth-order valence-corrected chi connectivity index (χ4v) is 2.54. The van der Waals surface area contributed by atoms with E-state index in [1.165, 1.54) is 17.0 Å². The van der Waals surface area contributed by atoms with E-state index in [9.17, 15) is 18.0 Å². The minimum absolute atomic E-state index is 0.0905. The van der Waals surface area contributed by atoms with Crippen LogP contribution in [0.25, 0.3) is 0 Å². The van der Waals surface area contributed by atoms with E-state index in [2.05, 4.69) is 0 Å². The topological polar surface area (TPSA) is 38.8 Å². The van der Waals surface area contributed by atoms with Crippen LogP contribution in [0.4, 0.5) is 13.2 Å². The Morgan fingerprint density at radius 1 is 1.12 bits per heavy atom. The van der Waals surface area contributed by atoms with Crippen molar-refractivity contribution in [1.29, 1.82) is 0 Å². The second kappa shape index (κ2) is 6.66. The Labute approximate surface area is 142 Å². The van der Waals surface area contributed by atoms with Gasteiger partial charge in [-0.2, -0.15) is 13.2 Å². The molecule has 0 unspecified atom stereocenters. The van der Waals surface area contributed by atoms with Crippen LogP contribution in [0.5, 0.6) is 11.5 Å². The molecule has 0 bridgehead atoms. The van der Waals surface area contributed by atoms with Crippen LogP contribution in [-0.2, 0) is 17.5 Å². The molecule has 0 saturated heterocycles. The number of ether oxygens (including phenoxy) is 2. The lowest BCUT2D eigenvalue weighted by Gasteiger charge is -2.28. The molecule has 1 atom stereocenters. The van der Waals surface area contributed by atoms with Gasteiger partial charge < -0.3 is 14.4 Å². The summed E-state index contributed by atoms with van der Waals surface area (Å²) in [7, 11) is 1.57. The monoisotopic (exact) mass is 351 g/mol. The number of carbonyl (C=O) groups is 1. The first-order chi connectivity index (χ1) is 11.8. The summed E-state index contributed by atoms with van der Waals surface area (Å²) < 4.78 is 48.9. The first-order valence-electron chi connectivity index (χ1n) is 7.64. The van der Waals surface area contributed by atoms with Crippen LogP contribution in [0.2, 0.25) is 0 Å². The van der Waals surface area contributed by atoms with Gasteiger partial charge in [-0.25, -0.2) is 0 Å². The molecule has 0 saturated carbocycles. The molecule has 0 spiro atoms. The van der Waals surface area contributed by atoms with Gasteiger partial charge in [-0.1, -0.05) is 24.3 Å². The van der Waals surface area contributed by atoms with E-state index in [4.69, 9.17) is 9.47 Å². The molecule has 0 aromatic heterocycles. The maximum Gasteiger partial charge on any atom is 0.416 e. The number of amides is 1. The Morgan fingerprint density at radius 3 is 2.40 bits per heavy atom. The standard InChI is InChI=1S/C18H16F3NO3/c1-22(10-12-6-8-13(9-7-12)18(19,20)21)17(23)16-11-24-14-4-2-3-5-15(14)25-16/h2-9,16H,10-11H2,1H3/t16-/m1/s1. The van der Waals surface area contributed by atoms with Crippen LogP contribution in [0.3, 0.4) is 0 Å². The number of hydrogen-bond donors (Lipinski definition) is 0. The average molecular weight is 351 g/mol. The fraction of sp³-hybridized carbons (Fsp3) is 0.278. The Kier molecular flexibility index (Phi) is 4.57. The van der Waals surface area contributed by atoms with Gasteiger partial charge in [0.2, 0.25) is 6.10 Å². The summed E-state index contributed by atoms with van der Waals surface area (Å²) in [6.45, 7) is 0.270. The molecule has 2 aromatic rings. The van der Waals surface area contributed by atoms with Gasteiger partial charge in [0.15, 0.2) is 11.5 Å². The second-order valence-electron chi connectivity index (χ2n) is 5.75. The first kappa shape index (κ1) is 17.1. The van der Waals surface area contributed by atoms with Crippen molar-refractivity contribution in [2.45, 2.75) is 18.8 Å².